The smallest absolute Gasteiger partial charge is 0.253 e. The van der Waals surface area contributed by atoms with Crippen LogP contribution in [0.3, 0.4) is 0 Å². The van der Waals surface area contributed by atoms with Gasteiger partial charge in [0.1, 0.15) is 5.75 Å². The van der Waals surface area contributed by atoms with Crippen LogP contribution in [0.5, 0.6) is 23.0 Å². The highest BCUT2D eigenvalue weighted by Gasteiger charge is 2.26. The van der Waals surface area contributed by atoms with Gasteiger partial charge in [-0.2, -0.15) is 0 Å². The minimum Gasteiger partial charge on any atom is -0.497 e. The van der Waals surface area contributed by atoms with E-state index in [-0.39, 0.29) is 17.6 Å². The number of imidazole rings is 1. The molecule has 6 rings (SSSR count). The number of fused-ring (bicyclic) bond motifs is 1. The van der Waals surface area contributed by atoms with Gasteiger partial charge in [-0.15, -0.1) is 0 Å². The standard InChI is InChI=1S/C42H51N5O7S/c1-44(41(48)33-28-38(52-3)40(54-5)39(29-33)53-4)30-32(31-16-18-34(51-2)19-17-31)20-23-45-21-11-22-46(25-24-45)42-43-36-14-9-10-15-37(36)47(42)26-27-55(49,50)35-12-7-6-8-13-35/h6-10,12-19,28-29,32H,11,20-27,30H2,1-5H3. The predicted octanol–water partition coefficient (Wildman–Crippen LogP) is 6.00. The summed E-state index contributed by atoms with van der Waals surface area (Å²) in [5.41, 5.74) is 3.35. The highest BCUT2D eigenvalue weighted by Crippen LogP contribution is 2.38. The molecule has 1 fully saturated rings. The van der Waals surface area contributed by atoms with Crippen molar-refractivity contribution in [1.29, 1.82) is 0 Å². The monoisotopic (exact) mass is 769 g/mol. The second kappa shape index (κ2) is 17.9. The molecule has 13 heteroatoms. The van der Waals surface area contributed by atoms with Gasteiger partial charge >= 0.3 is 0 Å². The summed E-state index contributed by atoms with van der Waals surface area (Å²) in [4.78, 5) is 25.7. The number of aromatic nitrogens is 2. The molecule has 1 unspecified atom stereocenters. The van der Waals surface area contributed by atoms with Gasteiger partial charge in [0, 0.05) is 51.3 Å². The van der Waals surface area contributed by atoms with Crippen LogP contribution < -0.4 is 23.8 Å². The van der Waals surface area contributed by atoms with Crippen LogP contribution in [0.4, 0.5) is 5.95 Å². The molecule has 0 spiro atoms. The minimum absolute atomic E-state index is 0.0203. The normalized spacial score (nSPS) is 14.3. The van der Waals surface area contributed by atoms with E-state index in [9.17, 15) is 13.2 Å². The number of carbonyl (C=O) groups is 1. The van der Waals surface area contributed by atoms with Gasteiger partial charge in [-0.05, 0) is 80.0 Å². The summed E-state index contributed by atoms with van der Waals surface area (Å²) in [5.74, 6) is 2.74. The molecule has 12 nitrogen and oxygen atoms in total. The maximum atomic E-state index is 13.8. The van der Waals surface area contributed by atoms with Crippen LogP contribution in [0.1, 0.15) is 34.7 Å². The topological polar surface area (TPSA) is 116 Å². The first-order valence-electron chi connectivity index (χ1n) is 18.6. The van der Waals surface area contributed by atoms with Crippen LogP contribution in [0.25, 0.3) is 11.0 Å². The highest BCUT2D eigenvalue weighted by molar-refractivity contribution is 7.91. The molecule has 55 heavy (non-hydrogen) atoms. The number of amides is 1. The lowest BCUT2D eigenvalue weighted by atomic mass is 9.94. The van der Waals surface area contributed by atoms with E-state index in [1.165, 1.54) is 21.3 Å². The summed E-state index contributed by atoms with van der Waals surface area (Å²) in [6.07, 6.45) is 1.76. The highest BCUT2D eigenvalue weighted by atomic mass is 32.2. The number of sulfone groups is 1. The molecule has 0 radical (unpaired) electrons. The van der Waals surface area contributed by atoms with Crippen molar-refractivity contribution >= 4 is 32.7 Å². The van der Waals surface area contributed by atoms with Gasteiger partial charge in [-0.3, -0.25) is 4.79 Å². The molecule has 292 valence electrons. The van der Waals surface area contributed by atoms with Crippen LogP contribution in [0, 0.1) is 0 Å². The van der Waals surface area contributed by atoms with Gasteiger partial charge < -0.3 is 38.2 Å². The van der Waals surface area contributed by atoms with E-state index in [0.717, 1.165) is 73.9 Å². The lowest BCUT2D eigenvalue weighted by Crippen LogP contribution is -2.35. The molecule has 0 saturated carbocycles. The minimum atomic E-state index is -3.47. The molecular formula is C42H51N5O7S. The second-order valence-electron chi connectivity index (χ2n) is 13.7. The first-order chi connectivity index (χ1) is 26.6. The fraction of sp³-hybridized carbons (Fsp3) is 0.381. The number of nitrogens with zero attached hydrogens (tertiary/aromatic N) is 5. The zero-order valence-corrected chi connectivity index (χ0v) is 33.1. The summed E-state index contributed by atoms with van der Waals surface area (Å²) in [6.45, 7) is 4.93. The maximum Gasteiger partial charge on any atom is 0.253 e. The van der Waals surface area contributed by atoms with Crippen molar-refractivity contribution in [2.24, 2.45) is 0 Å². The molecule has 1 amide bonds. The number of methoxy groups -OCH3 is 4. The first-order valence-corrected chi connectivity index (χ1v) is 20.2. The van der Waals surface area contributed by atoms with E-state index < -0.39 is 9.84 Å². The molecule has 4 aromatic carbocycles. The molecule has 0 bridgehead atoms. The molecule has 2 heterocycles. The van der Waals surface area contributed by atoms with Gasteiger partial charge in [0.25, 0.3) is 5.91 Å². The van der Waals surface area contributed by atoms with Crippen molar-refractivity contribution < 1.29 is 32.2 Å². The van der Waals surface area contributed by atoms with Gasteiger partial charge in [-0.25, -0.2) is 13.4 Å². The number of likely N-dealkylation sites (N-methyl/N-ethyl adjacent to an activating group) is 1. The summed E-state index contributed by atoms with van der Waals surface area (Å²) in [6, 6.07) is 28.0. The number of aryl methyl sites for hydroxylation is 1. The molecule has 0 N–H and O–H groups in total. The van der Waals surface area contributed by atoms with Crippen molar-refractivity contribution in [3.8, 4) is 23.0 Å². The van der Waals surface area contributed by atoms with Gasteiger partial charge in [0.2, 0.25) is 11.7 Å². The Balaban J connectivity index is 1.16. The van der Waals surface area contributed by atoms with Crippen LogP contribution >= 0.6 is 0 Å². The summed E-state index contributed by atoms with van der Waals surface area (Å²) in [5, 5.41) is 0. The summed E-state index contributed by atoms with van der Waals surface area (Å²) in [7, 11) is 4.61. The van der Waals surface area contributed by atoms with E-state index in [1.807, 2.05) is 49.5 Å². The van der Waals surface area contributed by atoms with Crippen molar-refractivity contribution in [3.63, 3.8) is 0 Å². The number of ether oxygens (including phenoxy) is 4. The molecule has 1 aliphatic heterocycles. The van der Waals surface area contributed by atoms with Crippen LogP contribution in [-0.2, 0) is 16.4 Å². The molecule has 1 atom stereocenters. The third-order valence-electron chi connectivity index (χ3n) is 10.3. The van der Waals surface area contributed by atoms with E-state index in [0.29, 0.717) is 40.8 Å². The number of para-hydroxylation sites is 2. The van der Waals surface area contributed by atoms with Crippen molar-refractivity contribution in [2.45, 2.75) is 30.2 Å². The Morgan fingerprint density at radius 2 is 1.49 bits per heavy atom. The fourth-order valence-corrected chi connectivity index (χ4v) is 8.52. The Bertz CT molecular complexity index is 2130. The number of anilines is 1. The Labute approximate surface area is 324 Å². The van der Waals surface area contributed by atoms with E-state index >= 15 is 0 Å². The van der Waals surface area contributed by atoms with Gasteiger partial charge in [-0.1, -0.05) is 42.5 Å². The Morgan fingerprint density at radius 1 is 0.800 bits per heavy atom. The van der Waals surface area contributed by atoms with Crippen LogP contribution in [0.15, 0.2) is 95.9 Å². The van der Waals surface area contributed by atoms with Crippen molar-refractivity contribution in [2.75, 3.05) is 85.4 Å². The maximum absolute atomic E-state index is 13.8. The largest absolute Gasteiger partial charge is 0.497 e. The van der Waals surface area contributed by atoms with Crippen LogP contribution in [0.2, 0.25) is 0 Å². The molecule has 0 aliphatic carbocycles. The molecule has 1 aliphatic rings. The number of benzene rings is 4. The van der Waals surface area contributed by atoms with E-state index in [4.69, 9.17) is 23.9 Å². The lowest BCUT2D eigenvalue weighted by molar-refractivity contribution is 0.0782. The zero-order chi connectivity index (χ0) is 39.0. The van der Waals surface area contributed by atoms with Gasteiger partial charge in [0.05, 0.1) is 50.1 Å². The average molecular weight is 770 g/mol. The van der Waals surface area contributed by atoms with Crippen LogP contribution in [-0.4, -0.2) is 114 Å². The Kier molecular flexibility index (Phi) is 12.8. The quantitative estimate of drug-likeness (QED) is 0.118. The molecular weight excluding hydrogens is 719 g/mol. The molecule has 5 aromatic rings. The number of rotatable bonds is 16. The third kappa shape index (κ3) is 9.17. The number of carbonyl (C=O) groups excluding carboxylic acids is 1. The number of hydrogen-bond donors (Lipinski definition) is 0. The van der Waals surface area contributed by atoms with Gasteiger partial charge in [0.15, 0.2) is 21.3 Å². The molecule has 1 saturated heterocycles. The first kappa shape index (κ1) is 39.4. The van der Waals surface area contributed by atoms with E-state index in [2.05, 4.69) is 26.5 Å². The van der Waals surface area contributed by atoms with Crippen molar-refractivity contribution in [3.05, 3.63) is 102 Å². The fourth-order valence-electron chi connectivity index (χ4n) is 7.29. The average Bonchev–Trinajstić information content (AvgIpc) is 3.43. The summed E-state index contributed by atoms with van der Waals surface area (Å²) < 4.78 is 50.5. The summed E-state index contributed by atoms with van der Waals surface area (Å²) >= 11 is 0. The van der Waals surface area contributed by atoms with E-state index in [1.54, 1.807) is 48.4 Å². The lowest BCUT2D eigenvalue weighted by Gasteiger charge is -2.28. The third-order valence-corrected chi connectivity index (χ3v) is 12.0. The Hall–Kier alpha value is -5.27. The number of hydrogen-bond acceptors (Lipinski definition) is 10. The second-order valence-corrected chi connectivity index (χ2v) is 15.8. The Morgan fingerprint density at radius 3 is 2.16 bits per heavy atom. The zero-order valence-electron chi connectivity index (χ0n) is 32.3. The SMILES string of the molecule is COc1ccc(C(CCN2CCCN(c3nc4ccccc4n3CCS(=O)(=O)c3ccccc3)CC2)CN(C)C(=O)c2cc(OC)c(OC)c(OC)c2)cc1. The molecule has 1 aromatic heterocycles. The van der Waals surface area contributed by atoms with Crippen molar-refractivity contribution in [1.82, 2.24) is 19.4 Å². The predicted molar refractivity (Wildman–Crippen MR) is 215 cm³/mol.